The van der Waals surface area contributed by atoms with Crippen molar-refractivity contribution < 1.29 is 27.8 Å². The van der Waals surface area contributed by atoms with Crippen molar-refractivity contribution in [1.82, 2.24) is 5.32 Å². The second-order valence-electron chi connectivity index (χ2n) is 4.53. The molecule has 1 aromatic rings. The van der Waals surface area contributed by atoms with Crippen LogP contribution in [-0.4, -0.2) is 39.2 Å². The van der Waals surface area contributed by atoms with Crippen molar-refractivity contribution in [3.8, 4) is 5.75 Å². The fraction of sp³-hybridized carbons (Fsp3) is 0.429. The molecule has 1 amide bonds. The molecule has 0 aliphatic carbocycles. The maximum atomic E-state index is 12.5. The Bertz CT molecular complexity index is 538. The van der Waals surface area contributed by atoms with Crippen LogP contribution in [0.2, 0.25) is 0 Å². The molecule has 2 N–H and O–H groups in total. The smallest absolute Gasteiger partial charge is 0.387 e. The Morgan fingerprint density at radius 1 is 1.32 bits per heavy atom. The van der Waals surface area contributed by atoms with E-state index < -0.39 is 12.6 Å². The minimum Gasteiger partial charge on any atom is -0.465 e. The lowest BCUT2D eigenvalue weighted by atomic mass is 10.1. The molecule has 0 fully saturated rings. The van der Waals surface area contributed by atoms with Crippen molar-refractivity contribution in [2.75, 3.05) is 26.0 Å². The fourth-order valence-corrected chi connectivity index (χ4v) is 1.72. The number of alkyl halides is 2. The minimum absolute atomic E-state index is 0.0411. The van der Waals surface area contributed by atoms with E-state index in [0.717, 1.165) is 6.07 Å². The van der Waals surface area contributed by atoms with E-state index in [9.17, 15) is 18.4 Å². The number of carbonyl (C=O) groups is 2. The number of esters is 1. The molecule has 0 aromatic heterocycles. The zero-order chi connectivity index (χ0) is 16.7. The first-order valence-electron chi connectivity index (χ1n) is 6.51. The van der Waals surface area contributed by atoms with Gasteiger partial charge in [-0.05, 0) is 25.2 Å². The number of methoxy groups -OCH3 is 1. The highest BCUT2D eigenvalue weighted by Crippen LogP contribution is 2.28. The van der Waals surface area contributed by atoms with Crippen LogP contribution in [0.1, 0.15) is 17.3 Å². The van der Waals surface area contributed by atoms with Crippen molar-refractivity contribution in [2.45, 2.75) is 13.5 Å². The first-order chi connectivity index (χ1) is 10.4. The fourth-order valence-electron chi connectivity index (χ4n) is 1.72. The number of anilines is 1. The van der Waals surface area contributed by atoms with Gasteiger partial charge >= 0.3 is 12.6 Å². The largest absolute Gasteiger partial charge is 0.465 e. The Kier molecular flexibility index (Phi) is 6.71. The van der Waals surface area contributed by atoms with Crippen molar-refractivity contribution in [1.29, 1.82) is 0 Å². The third-order valence-electron chi connectivity index (χ3n) is 2.83. The predicted octanol–water partition coefficient (Wildman–Crippen LogP) is 1.87. The molecule has 0 saturated carbocycles. The lowest BCUT2D eigenvalue weighted by Crippen LogP contribution is -2.28. The van der Waals surface area contributed by atoms with Gasteiger partial charge in [0.15, 0.2) is 0 Å². The van der Waals surface area contributed by atoms with Gasteiger partial charge < -0.3 is 20.1 Å². The van der Waals surface area contributed by atoms with Gasteiger partial charge in [-0.3, -0.25) is 4.79 Å². The van der Waals surface area contributed by atoms with Crippen molar-refractivity contribution in [3.63, 3.8) is 0 Å². The van der Waals surface area contributed by atoms with Crippen molar-refractivity contribution in [2.24, 2.45) is 5.92 Å². The molecule has 1 rings (SSSR count). The molecule has 0 aliphatic rings. The average Bonchev–Trinajstić information content (AvgIpc) is 2.47. The number of carbonyl (C=O) groups excluding carboxylic acids is 2. The number of halogens is 2. The van der Waals surface area contributed by atoms with Crippen LogP contribution in [0.15, 0.2) is 18.2 Å². The van der Waals surface area contributed by atoms with Crippen LogP contribution in [0.25, 0.3) is 0 Å². The molecule has 0 saturated heterocycles. The van der Waals surface area contributed by atoms with Crippen LogP contribution in [0, 0.1) is 5.92 Å². The Labute approximate surface area is 126 Å². The maximum Gasteiger partial charge on any atom is 0.387 e. The van der Waals surface area contributed by atoms with Gasteiger partial charge in [0.05, 0.1) is 18.4 Å². The van der Waals surface area contributed by atoms with E-state index in [2.05, 4.69) is 20.1 Å². The maximum absolute atomic E-state index is 12.5. The van der Waals surface area contributed by atoms with Crippen molar-refractivity contribution in [3.05, 3.63) is 23.8 Å². The topological polar surface area (TPSA) is 76.7 Å². The Morgan fingerprint density at radius 3 is 2.55 bits per heavy atom. The molecule has 0 heterocycles. The summed E-state index contributed by atoms with van der Waals surface area (Å²) < 4.78 is 33.8. The first kappa shape index (κ1) is 17.8. The number of amides is 1. The van der Waals surface area contributed by atoms with Gasteiger partial charge in [0, 0.05) is 12.5 Å². The van der Waals surface area contributed by atoms with Gasteiger partial charge in [-0.2, -0.15) is 8.78 Å². The number of hydrogen-bond donors (Lipinski definition) is 2. The summed E-state index contributed by atoms with van der Waals surface area (Å²) in [5.41, 5.74) is 0.0975. The summed E-state index contributed by atoms with van der Waals surface area (Å²) in [6, 6.07) is 3.76. The summed E-state index contributed by atoms with van der Waals surface area (Å²) >= 11 is 0. The average molecular weight is 316 g/mol. The number of benzene rings is 1. The van der Waals surface area contributed by atoms with Crippen LogP contribution < -0.4 is 15.4 Å². The predicted molar refractivity (Wildman–Crippen MR) is 76.1 cm³/mol. The quantitative estimate of drug-likeness (QED) is 0.751. The lowest BCUT2D eigenvalue weighted by Gasteiger charge is -2.15. The second-order valence-corrected chi connectivity index (χ2v) is 4.53. The SMILES string of the molecule is CNCC(C)C(=O)Nc1ccc(C(=O)OC)cc1OC(F)F. The monoisotopic (exact) mass is 316 g/mol. The molecule has 1 aromatic carbocycles. The van der Waals surface area contributed by atoms with Crippen LogP contribution in [0.3, 0.4) is 0 Å². The Balaban J connectivity index is 3.02. The van der Waals surface area contributed by atoms with E-state index in [0.29, 0.717) is 6.54 Å². The molecule has 0 bridgehead atoms. The van der Waals surface area contributed by atoms with Gasteiger partial charge in [-0.1, -0.05) is 6.92 Å². The summed E-state index contributed by atoms with van der Waals surface area (Å²) in [6.45, 7) is -0.974. The molecule has 0 aliphatic heterocycles. The van der Waals surface area contributed by atoms with Crippen LogP contribution in [-0.2, 0) is 9.53 Å². The molecular weight excluding hydrogens is 298 g/mol. The van der Waals surface area contributed by atoms with E-state index in [1.54, 1.807) is 14.0 Å². The summed E-state index contributed by atoms with van der Waals surface area (Å²) in [4.78, 5) is 23.3. The van der Waals surface area contributed by atoms with Gasteiger partial charge in [-0.25, -0.2) is 4.79 Å². The van der Waals surface area contributed by atoms with Crippen LogP contribution >= 0.6 is 0 Å². The molecule has 6 nitrogen and oxygen atoms in total. The molecule has 1 unspecified atom stereocenters. The molecule has 22 heavy (non-hydrogen) atoms. The highest BCUT2D eigenvalue weighted by molar-refractivity contribution is 5.96. The summed E-state index contributed by atoms with van der Waals surface area (Å²) in [5, 5.41) is 5.33. The van der Waals surface area contributed by atoms with E-state index in [1.807, 2.05) is 0 Å². The highest BCUT2D eigenvalue weighted by atomic mass is 19.3. The lowest BCUT2D eigenvalue weighted by molar-refractivity contribution is -0.119. The van der Waals surface area contributed by atoms with Gasteiger partial charge in [0.25, 0.3) is 0 Å². The molecule has 0 spiro atoms. The summed E-state index contributed by atoms with van der Waals surface area (Å²) in [5.74, 6) is -1.73. The zero-order valence-electron chi connectivity index (χ0n) is 12.5. The second kappa shape index (κ2) is 8.28. The number of ether oxygens (including phenoxy) is 2. The van der Waals surface area contributed by atoms with Gasteiger partial charge in [0.1, 0.15) is 5.75 Å². The van der Waals surface area contributed by atoms with E-state index in [-0.39, 0.29) is 28.8 Å². The van der Waals surface area contributed by atoms with Crippen LogP contribution in [0.4, 0.5) is 14.5 Å². The van der Waals surface area contributed by atoms with Crippen LogP contribution in [0.5, 0.6) is 5.75 Å². The third kappa shape index (κ3) is 4.96. The molecule has 122 valence electrons. The van der Waals surface area contributed by atoms with Gasteiger partial charge in [0.2, 0.25) is 5.91 Å². The van der Waals surface area contributed by atoms with E-state index in [4.69, 9.17) is 0 Å². The normalized spacial score (nSPS) is 11.9. The number of rotatable bonds is 7. The standard InChI is InChI=1S/C14H18F2N2O4/c1-8(7-17-2)12(19)18-10-5-4-9(13(20)21-3)6-11(10)22-14(15)16/h4-6,8,14,17H,7H2,1-3H3,(H,18,19). The summed E-state index contributed by atoms with van der Waals surface area (Å²) in [7, 11) is 2.87. The van der Waals surface area contributed by atoms with E-state index in [1.165, 1.54) is 19.2 Å². The molecule has 8 heteroatoms. The minimum atomic E-state index is -3.08. The first-order valence-corrected chi connectivity index (χ1v) is 6.51. The number of hydrogen-bond acceptors (Lipinski definition) is 5. The van der Waals surface area contributed by atoms with E-state index >= 15 is 0 Å². The van der Waals surface area contributed by atoms with Crippen molar-refractivity contribution >= 4 is 17.6 Å². The highest BCUT2D eigenvalue weighted by Gasteiger charge is 2.18. The molecular formula is C14H18F2N2O4. The molecule has 1 atom stereocenters. The third-order valence-corrected chi connectivity index (χ3v) is 2.83. The summed E-state index contributed by atoms with van der Waals surface area (Å²) in [6.07, 6.45) is 0. The molecule has 0 radical (unpaired) electrons. The Hall–Kier alpha value is -2.22. The Morgan fingerprint density at radius 2 is 2.00 bits per heavy atom. The zero-order valence-corrected chi connectivity index (χ0v) is 12.5. The van der Waals surface area contributed by atoms with Gasteiger partial charge in [-0.15, -0.1) is 0 Å². The number of nitrogens with one attached hydrogen (secondary N) is 2.